The molecule has 2 saturated heterocycles. The third kappa shape index (κ3) is 1.71. The van der Waals surface area contributed by atoms with Gasteiger partial charge in [-0.1, -0.05) is 12.2 Å². The molecule has 0 aromatic carbocycles. The zero-order chi connectivity index (χ0) is 12.0. The van der Waals surface area contributed by atoms with Gasteiger partial charge in [-0.15, -0.1) is 0 Å². The van der Waals surface area contributed by atoms with Crippen LogP contribution in [-0.2, 0) is 19.1 Å². The monoisotopic (exact) mass is 236 g/mol. The molecule has 4 nitrogen and oxygen atoms in total. The second-order valence-electron chi connectivity index (χ2n) is 5.28. The summed E-state index contributed by atoms with van der Waals surface area (Å²) in [5.74, 6) is -1.36. The molecule has 0 N–H and O–H groups in total. The van der Waals surface area contributed by atoms with Gasteiger partial charge in [0.05, 0.1) is 11.5 Å². The van der Waals surface area contributed by atoms with E-state index in [-0.39, 0.29) is 29.5 Å². The molecule has 3 aliphatic rings. The van der Waals surface area contributed by atoms with Crippen LogP contribution in [-0.4, -0.2) is 29.6 Å². The molecule has 2 heterocycles. The Bertz CT molecular complexity index is 400. The van der Waals surface area contributed by atoms with Gasteiger partial charge >= 0.3 is 5.97 Å². The van der Waals surface area contributed by atoms with Gasteiger partial charge in [0, 0.05) is 0 Å². The van der Waals surface area contributed by atoms with Crippen molar-refractivity contribution >= 4 is 11.8 Å². The van der Waals surface area contributed by atoms with Crippen molar-refractivity contribution in [3.8, 4) is 0 Å². The minimum Gasteiger partial charge on any atom is -0.453 e. The number of Topliss-reactive ketones (excluding diaryl/α,β-unsaturated/α-hetero) is 1. The van der Waals surface area contributed by atoms with Gasteiger partial charge in [0.25, 0.3) is 0 Å². The first-order valence-corrected chi connectivity index (χ1v) is 6.19. The molecular weight excluding hydrogens is 220 g/mol. The number of rotatable bonds is 0. The van der Waals surface area contributed by atoms with Gasteiger partial charge < -0.3 is 9.47 Å². The SMILES string of the molecule is C[C@@]12CC/C=C/CC[C@H]3C(=O)C(=O)O[C@@H]3[C@@H]1O2. The van der Waals surface area contributed by atoms with Crippen molar-refractivity contribution < 1.29 is 19.1 Å². The van der Waals surface area contributed by atoms with Gasteiger partial charge in [-0.2, -0.15) is 0 Å². The Balaban J connectivity index is 1.86. The zero-order valence-corrected chi connectivity index (χ0v) is 9.85. The summed E-state index contributed by atoms with van der Waals surface area (Å²) in [5.41, 5.74) is -0.213. The molecule has 3 rings (SSSR count). The van der Waals surface area contributed by atoms with Crippen LogP contribution in [0.15, 0.2) is 12.2 Å². The van der Waals surface area contributed by atoms with E-state index in [2.05, 4.69) is 12.2 Å². The summed E-state index contributed by atoms with van der Waals surface area (Å²) in [6, 6.07) is 0. The molecule has 0 saturated carbocycles. The van der Waals surface area contributed by atoms with Crippen molar-refractivity contribution in [1.82, 2.24) is 0 Å². The molecule has 2 fully saturated rings. The van der Waals surface area contributed by atoms with Crippen molar-refractivity contribution in [1.29, 1.82) is 0 Å². The van der Waals surface area contributed by atoms with Crippen LogP contribution in [0.3, 0.4) is 0 Å². The van der Waals surface area contributed by atoms with Gasteiger partial charge in [-0.05, 0) is 32.6 Å². The summed E-state index contributed by atoms with van der Waals surface area (Å²) < 4.78 is 10.9. The Labute approximate surface area is 100.0 Å². The number of hydrogen-bond donors (Lipinski definition) is 0. The molecule has 0 spiro atoms. The lowest BCUT2D eigenvalue weighted by atomic mass is 9.86. The van der Waals surface area contributed by atoms with E-state index in [4.69, 9.17) is 9.47 Å². The van der Waals surface area contributed by atoms with E-state index in [1.54, 1.807) is 0 Å². The molecule has 0 bridgehead atoms. The normalized spacial score (nSPS) is 46.8. The molecule has 0 radical (unpaired) electrons. The Kier molecular flexibility index (Phi) is 2.36. The minimum absolute atomic E-state index is 0.0885. The highest BCUT2D eigenvalue weighted by Crippen LogP contribution is 2.47. The Morgan fingerprint density at radius 3 is 2.88 bits per heavy atom. The van der Waals surface area contributed by atoms with Crippen LogP contribution in [0.5, 0.6) is 0 Å². The number of ether oxygens (including phenoxy) is 2. The number of hydrogen-bond acceptors (Lipinski definition) is 4. The average Bonchev–Trinajstić information content (AvgIpc) is 2.89. The minimum atomic E-state index is -0.680. The van der Waals surface area contributed by atoms with E-state index < -0.39 is 5.97 Å². The zero-order valence-electron chi connectivity index (χ0n) is 9.85. The molecule has 1 aliphatic carbocycles. The summed E-state index contributed by atoms with van der Waals surface area (Å²) >= 11 is 0. The Morgan fingerprint density at radius 2 is 2.06 bits per heavy atom. The fourth-order valence-electron chi connectivity index (χ4n) is 2.89. The van der Waals surface area contributed by atoms with Crippen LogP contribution in [0.25, 0.3) is 0 Å². The van der Waals surface area contributed by atoms with Crippen molar-refractivity contribution in [3.05, 3.63) is 12.2 Å². The molecule has 17 heavy (non-hydrogen) atoms. The van der Waals surface area contributed by atoms with E-state index in [1.165, 1.54) is 0 Å². The number of ketones is 1. The second kappa shape index (κ2) is 3.67. The standard InChI is InChI=1S/C13H16O4/c1-13-7-5-3-2-4-6-8-9(14)12(15)16-10(8)11(13)17-13/h2-3,8,10-11H,4-7H2,1H3/b3-2+/t8-,10-,11-,13+/m0/s1. The second-order valence-corrected chi connectivity index (χ2v) is 5.28. The largest absolute Gasteiger partial charge is 0.453 e. The first-order valence-electron chi connectivity index (χ1n) is 6.19. The van der Waals surface area contributed by atoms with E-state index in [0.717, 1.165) is 19.3 Å². The smallest absolute Gasteiger partial charge is 0.375 e. The van der Waals surface area contributed by atoms with Gasteiger partial charge in [0.15, 0.2) is 0 Å². The molecule has 0 amide bonds. The first kappa shape index (κ1) is 11.0. The summed E-state index contributed by atoms with van der Waals surface area (Å²) in [4.78, 5) is 23.1. The quantitative estimate of drug-likeness (QED) is 0.276. The third-order valence-electron chi connectivity index (χ3n) is 4.04. The molecule has 4 heteroatoms. The van der Waals surface area contributed by atoms with E-state index in [1.807, 2.05) is 6.92 Å². The highest BCUT2D eigenvalue weighted by atomic mass is 16.6. The summed E-state index contributed by atoms with van der Waals surface area (Å²) in [6.45, 7) is 2.03. The van der Waals surface area contributed by atoms with Crippen LogP contribution in [0.4, 0.5) is 0 Å². The average molecular weight is 236 g/mol. The summed E-state index contributed by atoms with van der Waals surface area (Å²) in [7, 11) is 0. The van der Waals surface area contributed by atoms with Crippen molar-refractivity contribution in [2.24, 2.45) is 5.92 Å². The van der Waals surface area contributed by atoms with Crippen LogP contribution in [0.2, 0.25) is 0 Å². The third-order valence-corrected chi connectivity index (χ3v) is 4.04. The molecule has 0 aromatic rings. The highest BCUT2D eigenvalue weighted by molar-refractivity contribution is 6.36. The maximum absolute atomic E-state index is 11.7. The van der Waals surface area contributed by atoms with Crippen LogP contribution in [0, 0.1) is 5.92 Å². The molecule has 0 aromatic heterocycles. The molecule has 2 aliphatic heterocycles. The van der Waals surface area contributed by atoms with E-state index in [0.29, 0.717) is 6.42 Å². The van der Waals surface area contributed by atoms with E-state index in [9.17, 15) is 9.59 Å². The van der Waals surface area contributed by atoms with E-state index >= 15 is 0 Å². The lowest BCUT2D eigenvalue weighted by Gasteiger charge is -2.16. The lowest BCUT2D eigenvalue weighted by Crippen LogP contribution is -2.30. The fraction of sp³-hybridized carbons (Fsp3) is 0.692. The van der Waals surface area contributed by atoms with Gasteiger partial charge in [0.2, 0.25) is 5.78 Å². The van der Waals surface area contributed by atoms with Gasteiger partial charge in [-0.25, -0.2) is 4.79 Å². The number of carbonyl (C=O) groups excluding carboxylic acids is 2. The predicted octanol–water partition coefficient (Wildman–Crippen LogP) is 1.38. The Hall–Kier alpha value is -1.16. The molecule has 4 atom stereocenters. The van der Waals surface area contributed by atoms with Gasteiger partial charge in [-0.3, -0.25) is 4.79 Å². The number of esters is 1. The maximum atomic E-state index is 11.7. The highest BCUT2D eigenvalue weighted by Gasteiger charge is 2.62. The van der Waals surface area contributed by atoms with Crippen LogP contribution < -0.4 is 0 Å². The maximum Gasteiger partial charge on any atom is 0.375 e. The van der Waals surface area contributed by atoms with Crippen molar-refractivity contribution in [2.75, 3.05) is 0 Å². The Morgan fingerprint density at radius 1 is 1.29 bits per heavy atom. The van der Waals surface area contributed by atoms with Crippen LogP contribution >= 0.6 is 0 Å². The number of epoxide rings is 1. The first-order chi connectivity index (χ1) is 8.12. The molecule has 0 unspecified atom stereocenters. The summed E-state index contributed by atoms with van der Waals surface area (Å²) in [5, 5.41) is 0. The number of allylic oxidation sites excluding steroid dienone is 2. The van der Waals surface area contributed by atoms with Crippen molar-refractivity contribution in [2.45, 2.75) is 50.4 Å². The molecular formula is C13H16O4. The lowest BCUT2D eigenvalue weighted by molar-refractivity contribution is -0.149. The predicted molar refractivity (Wildman–Crippen MR) is 59.3 cm³/mol. The number of fused-ring (bicyclic) bond motifs is 3. The van der Waals surface area contributed by atoms with Crippen LogP contribution in [0.1, 0.15) is 32.6 Å². The molecule has 92 valence electrons. The summed E-state index contributed by atoms with van der Waals surface area (Å²) in [6.07, 6.45) is 7.18. The number of carbonyl (C=O) groups is 2. The van der Waals surface area contributed by atoms with Gasteiger partial charge in [0.1, 0.15) is 12.2 Å². The topological polar surface area (TPSA) is 55.9 Å². The van der Waals surface area contributed by atoms with Crippen molar-refractivity contribution in [3.63, 3.8) is 0 Å². The fourth-order valence-corrected chi connectivity index (χ4v) is 2.89.